The van der Waals surface area contributed by atoms with Crippen molar-refractivity contribution in [3.63, 3.8) is 0 Å². The first kappa shape index (κ1) is 8.75. The van der Waals surface area contributed by atoms with Gasteiger partial charge in [0.05, 0.1) is 5.92 Å². The largest absolute Gasteiger partial charge is 0.393 e. The van der Waals surface area contributed by atoms with Crippen LogP contribution < -0.4 is 5.73 Å². The molecule has 9 heavy (non-hydrogen) atoms. The van der Waals surface area contributed by atoms with E-state index in [1.54, 1.807) is 0 Å². The molecule has 0 saturated heterocycles. The summed E-state index contributed by atoms with van der Waals surface area (Å²) in [5.41, 5.74) is 5.00. The van der Waals surface area contributed by atoms with Crippen molar-refractivity contribution in [2.45, 2.75) is 26.1 Å². The average Bonchev–Trinajstić information content (AvgIpc) is 1.62. The SMILES string of the molecule is CC(N)C(C)C(F)(F)F. The Morgan fingerprint density at radius 3 is 1.56 bits per heavy atom. The monoisotopic (exact) mass is 141 g/mol. The normalized spacial score (nSPS) is 19.3. The van der Waals surface area contributed by atoms with Crippen LogP contribution in [0.3, 0.4) is 0 Å². The summed E-state index contributed by atoms with van der Waals surface area (Å²) < 4.78 is 34.9. The molecule has 0 aromatic carbocycles. The van der Waals surface area contributed by atoms with E-state index in [0.717, 1.165) is 6.92 Å². The first-order valence-corrected chi connectivity index (χ1v) is 2.68. The van der Waals surface area contributed by atoms with Gasteiger partial charge in [0.1, 0.15) is 0 Å². The molecule has 1 nitrogen and oxygen atoms in total. The predicted octanol–water partition coefficient (Wildman–Crippen LogP) is 1.53. The predicted molar refractivity (Wildman–Crippen MR) is 28.9 cm³/mol. The fraction of sp³-hybridized carbons (Fsp3) is 1.00. The summed E-state index contributed by atoms with van der Waals surface area (Å²) in [5.74, 6) is -1.41. The first-order valence-electron chi connectivity index (χ1n) is 2.68. The maximum absolute atomic E-state index is 11.6. The minimum atomic E-state index is -4.14. The molecule has 0 aliphatic heterocycles. The Bertz CT molecular complexity index is 86.7. The van der Waals surface area contributed by atoms with Crippen molar-refractivity contribution < 1.29 is 13.2 Å². The van der Waals surface area contributed by atoms with Gasteiger partial charge in [-0.1, -0.05) is 6.92 Å². The lowest BCUT2D eigenvalue weighted by Crippen LogP contribution is -2.35. The highest BCUT2D eigenvalue weighted by molar-refractivity contribution is 4.70. The van der Waals surface area contributed by atoms with Gasteiger partial charge in [-0.25, -0.2) is 0 Å². The molecular formula is C5H10F3N. The van der Waals surface area contributed by atoms with Crippen molar-refractivity contribution in [1.82, 2.24) is 0 Å². The molecule has 0 aromatic rings. The lowest BCUT2D eigenvalue weighted by Gasteiger charge is -2.18. The fourth-order valence-corrected chi connectivity index (χ4v) is 0.298. The third-order valence-corrected chi connectivity index (χ3v) is 1.30. The molecule has 0 rings (SSSR count). The fourth-order valence-electron chi connectivity index (χ4n) is 0.298. The molecule has 0 spiro atoms. The highest BCUT2D eigenvalue weighted by Crippen LogP contribution is 2.26. The van der Waals surface area contributed by atoms with E-state index in [1.807, 2.05) is 0 Å². The van der Waals surface area contributed by atoms with Gasteiger partial charge in [0, 0.05) is 6.04 Å². The van der Waals surface area contributed by atoms with Gasteiger partial charge in [0.2, 0.25) is 0 Å². The highest BCUT2D eigenvalue weighted by Gasteiger charge is 2.37. The minimum absolute atomic E-state index is 0.815. The van der Waals surface area contributed by atoms with Crippen LogP contribution in [0.2, 0.25) is 0 Å². The van der Waals surface area contributed by atoms with Gasteiger partial charge in [0.15, 0.2) is 0 Å². The lowest BCUT2D eigenvalue weighted by atomic mass is 10.1. The smallest absolute Gasteiger partial charge is 0.327 e. The molecule has 4 heteroatoms. The molecule has 56 valence electrons. The maximum Gasteiger partial charge on any atom is 0.393 e. The standard InChI is InChI=1S/C5H10F3N/c1-3(4(2)9)5(6,7)8/h3-4H,9H2,1-2H3. The second-order valence-corrected chi connectivity index (χ2v) is 2.19. The van der Waals surface area contributed by atoms with Gasteiger partial charge in [-0.3, -0.25) is 0 Å². The summed E-state index contributed by atoms with van der Waals surface area (Å²) in [5, 5.41) is 0. The van der Waals surface area contributed by atoms with Gasteiger partial charge in [-0.05, 0) is 6.92 Å². The Labute approximate surface area is 52.0 Å². The quantitative estimate of drug-likeness (QED) is 0.588. The average molecular weight is 141 g/mol. The van der Waals surface area contributed by atoms with Gasteiger partial charge >= 0.3 is 6.18 Å². The maximum atomic E-state index is 11.6. The van der Waals surface area contributed by atoms with Crippen LogP contribution in [0.4, 0.5) is 13.2 Å². The van der Waals surface area contributed by atoms with Crippen LogP contribution >= 0.6 is 0 Å². The zero-order valence-electron chi connectivity index (χ0n) is 5.37. The Morgan fingerprint density at radius 2 is 1.56 bits per heavy atom. The number of nitrogens with two attached hydrogens (primary N) is 1. The van der Waals surface area contributed by atoms with Crippen LogP contribution in [0.1, 0.15) is 13.8 Å². The van der Waals surface area contributed by atoms with E-state index in [-0.39, 0.29) is 0 Å². The Kier molecular flexibility index (Phi) is 2.49. The molecule has 2 atom stereocenters. The van der Waals surface area contributed by atoms with Crippen LogP contribution in [0.15, 0.2) is 0 Å². The van der Waals surface area contributed by atoms with E-state index in [4.69, 9.17) is 5.73 Å². The second-order valence-electron chi connectivity index (χ2n) is 2.19. The summed E-state index contributed by atoms with van der Waals surface area (Å²) in [6.45, 7) is 2.42. The van der Waals surface area contributed by atoms with Gasteiger partial charge in [-0.2, -0.15) is 13.2 Å². The molecule has 0 fully saturated rings. The van der Waals surface area contributed by atoms with Crippen LogP contribution in [0, 0.1) is 5.92 Å². The van der Waals surface area contributed by atoms with Gasteiger partial charge in [0.25, 0.3) is 0 Å². The molecule has 0 bridgehead atoms. The van der Waals surface area contributed by atoms with E-state index in [1.165, 1.54) is 6.92 Å². The minimum Gasteiger partial charge on any atom is -0.327 e. The van der Waals surface area contributed by atoms with Gasteiger partial charge < -0.3 is 5.73 Å². The van der Waals surface area contributed by atoms with Crippen molar-refractivity contribution in [2.75, 3.05) is 0 Å². The second kappa shape index (κ2) is 2.56. The third-order valence-electron chi connectivity index (χ3n) is 1.30. The molecule has 0 aliphatic carbocycles. The molecule has 2 N–H and O–H groups in total. The molecule has 0 aliphatic rings. The number of alkyl halides is 3. The van der Waals surface area contributed by atoms with Crippen molar-refractivity contribution >= 4 is 0 Å². The van der Waals surface area contributed by atoms with Crippen LogP contribution in [0.25, 0.3) is 0 Å². The lowest BCUT2D eigenvalue weighted by molar-refractivity contribution is -0.173. The molecular weight excluding hydrogens is 131 g/mol. The third kappa shape index (κ3) is 2.70. The zero-order valence-corrected chi connectivity index (χ0v) is 5.37. The molecule has 0 radical (unpaired) electrons. The number of hydrogen-bond donors (Lipinski definition) is 1. The van der Waals surface area contributed by atoms with E-state index < -0.39 is 18.1 Å². The summed E-state index contributed by atoms with van der Waals surface area (Å²) in [6, 6.07) is -0.815. The first-order chi connectivity index (χ1) is 3.85. The Morgan fingerprint density at radius 1 is 1.22 bits per heavy atom. The van der Waals surface area contributed by atoms with Crippen LogP contribution in [-0.4, -0.2) is 12.2 Å². The summed E-state index contributed by atoms with van der Waals surface area (Å²) in [6.07, 6.45) is -4.14. The van der Waals surface area contributed by atoms with Crippen molar-refractivity contribution in [3.05, 3.63) is 0 Å². The topological polar surface area (TPSA) is 26.0 Å². The van der Waals surface area contributed by atoms with Gasteiger partial charge in [-0.15, -0.1) is 0 Å². The van der Waals surface area contributed by atoms with Crippen LogP contribution in [0.5, 0.6) is 0 Å². The van der Waals surface area contributed by atoms with Crippen molar-refractivity contribution in [3.8, 4) is 0 Å². The van der Waals surface area contributed by atoms with E-state index in [2.05, 4.69) is 0 Å². The van der Waals surface area contributed by atoms with E-state index in [0.29, 0.717) is 0 Å². The Balaban J connectivity index is 3.88. The van der Waals surface area contributed by atoms with E-state index in [9.17, 15) is 13.2 Å². The molecule has 0 heterocycles. The number of halogens is 3. The Hall–Kier alpha value is -0.250. The van der Waals surface area contributed by atoms with Crippen molar-refractivity contribution in [2.24, 2.45) is 11.7 Å². The number of hydrogen-bond acceptors (Lipinski definition) is 1. The molecule has 2 unspecified atom stereocenters. The molecule has 0 amide bonds. The molecule has 0 saturated carbocycles. The van der Waals surface area contributed by atoms with Crippen LogP contribution in [-0.2, 0) is 0 Å². The summed E-state index contributed by atoms with van der Waals surface area (Å²) in [7, 11) is 0. The number of rotatable bonds is 1. The summed E-state index contributed by atoms with van der Waals surface area (Å²) >= 11 is 0. The highest BCUT2D eigenvalue weighted by atomic mass is 19.4. The van der Waals surface area contributed by atoms with E-state index >= 15 is 0 Å². The summed E-state index contributed by atoms with van der Waals surface area (Å²) in [4.78, 5) is 0. The van der Waals surface area contributed by atoms with Crippen molar-refractivity contribution in [1.29, 1.82) is 0 Å². The molecule has 0 aromatic heterocycles. The zero-order chi connectivity index (χ0) is 7.65.